The summed E-state index contributed by atoms with van der Waals surface area (Å²) in [6.07, 6.45) is 3.47. The summed E-state index contributed by atoms with van der Waals surface area (Å²) in [5.74, 6) is 0. The Morgan fingerprint density at radius 1 is 1.45 bits per heavy atom. The molecule has 0 saturated carbocycles. The summed E-state index contributed by atoms with van der Waals surface area (Å²) in [7, 11) is 3.33. The molecule has 2 rings (SSSR count). The van der Waals surface area contributed by atoms with Crippen LogP contribution in [0.2, 0.25) is 0 Å². The van der Waals surface area contributed by atoms with Gasteiger partial charge in [-0.2, -0.15) is 0 Å². The number of nitrogens with one attached hydrogen (secondary N) is 1. The zero-order valence-electron chi connectivity index (χ0n) is 13.5. The van der Waals surface area contributed by atoms with Gasteiger partial charge in [-0.05, 0) is 25.0 Å². The summed E-state index contributed by atoms with van der Waals surface area (Å²) in [6.45, 7) is 3.72. The van der Waals surface area contributed by atoms with Gasteiger partial charge in [0.2, 0.25) is 0 Å². The highest BCUT2D eigenvalue weighted by Crippen LogP contribution is 2.20. The minimum Gasteiger partial charge on any atom is -0.383 e. The smallest absolute Gasteiger partial charge is 0.317 e. The number of carbonyl (C=O) groups excluding carboxylic acids is 1. The van der Waals surface area contributed by atoms with Crippen LogP contribution in [0.4, 0.5) is 4.79 Å². The van der Waals surface area contributed by atoms with E-state index in [1.165, 1.54) is 0 Å². The highest BCUT2D eigenvalue weighted by atomic mass is 16.5. The van der Waals surface area contributed by atoms with Crippen LogP contribution in [0.5, 0.6) is 0 Å². The topological polar surface area (TPSA) is 63.7 Å². The standard InChI is InChI=1S/C16H25N3O3/c1-12-4-5-13(18-9-12)6-7-17-16(20)19-10-15(22-3)8-14(19)11-21-2/h4-5,9,14-15H,6-8,10-11H2,1-3H3,(H,17,20)/t14-,15+/m0/s1. The third-order valence-electron chi connectivity index (χ3n) is 3.96. The fourth-order valence-corrected chi connectivity index (χ4v) is 2.69. The molecule has 0 unspecified atom stereocenters. The molecule has 6 nitrogen and oxygen atoms in total. The van der Waals surface area contributed by atoms with Gasteiger partial charge in [0.15, 0.2) is 0 Å². The Bertz CT molecular complexity index is 478. The minimum atomic E-state index is -0.0614. The number of carbonyl (C=O) groups is 1. The maximum atomic E-state index is 12.3. The van der Waals surface area contributed by atoms with Crippen LogP contribution < -0.4 is 5.32 Å². The highest BCUT2D eigenvalue weighted by molar-refractivity contribution is 5.75. The Hall–Kier alpha value is -1.66. The van der Waals surface area contributed by atoms with Gasteiger partial charge in [-0.15, -0.1) is 0 Å². The fourth-order valence-electron chi connectivity index (χ4n) is 2.69. The van der Waals surface area contributed by atoms with Gasteiger partial charge >= 0.3 is 6.03 Å². The summed E-state index contributed by atoms with van der Waals surface area (Å²) in [6, 6.07) is 4.04. The number of hydrogen-bond donors (Lipinski definition) is 1. The van der Waals surface area contributed by atoms with Gasteiger partial charge in [0.25, 0.3) is 0 Å². The van der Waals surface area contributed by atoms with Gasteiger partial charge in [0.1, 0.15) is 0 Å². The average Bonchev–Trinajstić information content (AvgIpc) is 2.93. The third-order valence-corrected chi connectivity index (χ3v) is 3.96. The van der Waals surface area contributed by atoms with Crippen LogP contribution in [0.3, 0.4) is 0 Å². The lowest BCUT2D eigenvalue weighted by molar-refractivity contribution is 0.110. The first-order chi connectivity index (χ1) is 10.6. The van der Waals surface area contributed by atoms with E-state index in [-0.39, 0.29) is 18.2 Å². The van der Waals surface area contributed by atoms with Gasteiger partial charge in [-0.1, -0.05) is 6.07 Å². The Balaban J connectivity index is 1.81. The van der Waals surface area contributed by atoms with Crippen LogP contribution in [0.15, 0.2) is 18.3 Å². The van der Waals surface area contributed by atoms with E-state index in [4.69, 9.17) is 9.47 Å². The number of rotatable bonds is 6. The van der Waals surface area contributed by atoms with Crippen molar-refractivity contribution in [1.82, 2.24) is 15.2 Å². The van der Waals surface area contributed by atoms with E-state index in [2.05, 4.69) is 10.3 Å². The van der Waals surface area contributed by atoms with Crippen LogP contribution in [0, 0.1) is 6.92 Å². The summed E-state index contributed by atoms with van der Waals surface area (Å²) in [4.78, 5) is 18.5. The van der Waals surface area contributed by atoms with Gasteiger partial charge in [0, 0.05) is 45.6 Å². The van der Waals surface area contributed by atoms with Crippen LogP contribution in [0.25, 0.3) is 0 Å². The Labute approximate surface area is 131 Å². The molecule has 2 heterocycles. The van der Waals surface area contributed by atoms with E-state index >= 15 is 0 Å². The van der Waals surface area contributed by atoms with Crippen LogP contribution in [0.1, 0.15) is 17.7 Å². The number of pyridine rings is 1. The van der Waals surface area contributed by atoms with Crippen molar-refractivity contribution in [3.8, 4) is 0 Å². The van der Waals surface area contributed by atoms with Gasteiger partial charge < -0.3 is 19.7 Å². The molecule has 0 aliphatic carbocycles. The molecule has 0 aromatic carbocycles. The molecule has 1 aliphatic rings. The van der Waals surface area contributed by atoms with E-state index in [1.807, 2.05) is 25.3 Å². The Morgan fingerprint density at radius 3 is 2.91 bits per heavy atom. The second kappa shape index (κ2) is 8.10. The van der Waals surface area contributed by atoms with Crippen molar-refractivity contribution in [2.45, 2.75) is 31.9 Å². The first kappa shape index (κ1) is 16.7. The van der Waals surface area contributed by atoms with Crippen LogP contribution in [-0.4, -0.2) is 62.0 Å². The van der Waals surface area contributed by atoms with Crippen LogP contribution in [-0.2, 0) is 15.9 Å². The summed E-state index contributed by atoms with van der Waals surface area (Å²) >= 11 is 0. The molecule has 22 heavy (non-hydrogen) atoms. The molecule has 6 heteroatoms. The number of urea groups is 1. The number of nitrogens with zero attached hydrogens (tertiary/aromatic N) is 2. The van der Waals surface area contributed by atoms with Gasteiger partial charge in [-0.25, -0.2) is 4.79 Å². The molecule has 0 radical (unpaired) electrons. The first-order valence-corrected chi connectivity index (χ1v) is 7.61. The zero-order chi connectivity index (χ0) is 15.9. The van der Waals surface area contributed by atoms with E-state index in [0.717, 1.165) is 24.1 Å². The molecule has 1 N–H and O–H groups in total. The quantitative estimate of drug-likeness (QED) is 0.862. The molecule has 1 aromatic rings. The molecule has 0 spiro atoms. The number of amides is 2. The highest BCUT2D eigenvalue weighted by Gasteiger charge is 2.35. The molecular weight excluding hydrogens is 282 g/mol. The monoisotopic (exact) mass is 307 g/mol. The molecule has 2 atom stereocenters. The lowest BCUT2D eigenvalue weighted by atomic mass is 10.2. The number of likely N-dealkylation sites (tertiary alicyclic amines) is 1. The summed E-state index contributed by atoms with van der Waals surface area (Å²) in [5.41, 5.74) is 2.12. The molecule has 122 valence electrons. The minimum absolute atomic E-state index is 0.0614. The third kappa shape index (κ3) is 4.42. The van der Waals surface area contributed by atoms with Crippen LogP contribution >= 0.6 is 0 Å². The van der Waals surface area contributed by atoms with Crippen molar-refractivity contribution < 1.29 is 14.3 Å². The maximum Gasteiger partial charge on any atom is 0.317 e. The fraction of sp³-hybridized carbons (Fsp3) is 0.625. The number of aryl methyl sites for hydroxylation is 1. The van der Waals surface area contributed by atoms with Crippen molar-refractivity contribution in [1.29, 1.82) is 0 Å². The van der Waals surface area contributed by atoms with E-state index in [0.29, 0.717) is 19.7 Å². The lowest BCUT2D eigenvalue weighted by Gasteiger charge is -2.24. The maximum absolute atomic E-state index is 12.3. The summed E-state index contributed by atoms with van der Waals surface area (Å²) < 4.78 is 10.6. The number of ether oxygens (including phenoxy) is 2. The van der Waals surface area contributed by atoms with E-state index in [1.54, 1.807) is 19.1 Å². The SMILES string of the molecule is COC[C@@H]1C[C@@H](OC)CN1C(=O)NCCc1ccc(C)cn1. The van der Waals surface area contributed by atoms with E-state index in [9.17, 15) is 4.79 Å². The molecule has 0 bridgehead atoms. The average molecular weight is 307 g/mol. The second-order valence-corrected chi connectivity index (χ2v) is 5.66. The van der Waals surface area contributed by atoms with Gasteiger partial charge in [-0.3, -0.25) is 4.98 Å². The first-order valence-electron chi connectivity index (χ1n) is 7.61. The Morgan fingerprint density at radius 2 is 2.27 bits per heavy atom. The second-order valence-electron chi connectivity index (χ2n) is 5.66. The molecule has 1 fully saturated rings. The summed E-state index contributed by atoms with van der Waals surface area (Å²) in [5, 5.41) is 2.96. The van der Waals surface area contributed by atoms with E-state index < -0.39 is 0 Å². The lowest BCUT2D eigenvalue weighted by Crippen LogP contribution is -2.45. The van der Waals surface area contributed by atoms with Crippen molar-refractivity contribution in [2.75, 3.05) is 33.9 Å². The largest absolute Gasteiger partial charge is 0.383 e. The zero-order valence-corrected chi connectivity index (χ0v) is 13.5. The normalized spacial score (nSPS) is 21.1. The Kier molecular flexibility index (Phi) is 6.15. The van der Waals surface area contributed by atoms with Crippen molar-refractivity contribution >= 4 is 6.03 Å². The predicted molar refractivity (Wildman–Crippen MR) is 83.9 cm³/mol. The van der Waals surface area contributed by atoms with Crippen molar-refractivity contribution in [3.05, 3.63) is 29.6 Å². The number of methoxy groups -OCH3 is 2. The predicted octanol–water partition coefficient (Wildman–Crippen LogP) is 1.38. The van der Waals surface area contributed by atoms with Crippen molar-refractivity contribution in [2.24, 2.45) is 0 Å². The number of hydrogen-bond acceptors (Lipinski definition) is 4. The molecular formula is C16H25N3O3. The molecule has 1 aliphatic heterocycles. The molecule has 1 aromatic heterocycles. The molecule has 2 amide bonds. The number of aromatic nitrogens is 1. The molecule has 1 saturated heterocycles. The van der Waals surface area contributed by atoms with Gasteiger partial charge in [0.05, 0.1) is 18.8 Å². The van der Waals surface area contributed by atoms with Crippen molar-refractivity contribution in [3.63, 3.8) is 0 Å².